The molecule has 0 spiro atoms. The van der Waals surface area contributed by atoms with Crippen molar-refractivity contribution in [3.8, 4) is 11.4 Å². The van der Waals surface area contributed by atoms with E-state index in [9.17, 15) is 9.59 Å². The van der Waals surface area contributed by atoms with E-state index in [0.29, 0.717) is 29.1 Å². The maximum absolute atomic E-state index is 14.6. The van der Waals surface area contributed by atoms with Crippen molar-refractivity contribution in [1.29, 1.82) is 0 Å². The molecule has 4 atom stereocenters. The third-order valence-electron chi connectivity index (χ3n) is 10.5. The topological polar surface area (TPSA) is 61.2 Å². The van der Waals surface area contributed by atoms with Gasteiger partial charge in [0.2, 0.25) is 5.91 Å². The molecule has 0 radical (unpaired) electrons. The normalized spacial score (nSPS) is 24.7. The second-order valence-corrected chi connectivity index (χ2v) is 18.6. The third kappa shape index (κ3) is 4.76. The number of esters is 1. The highest BCUT2D eigenvalue weighted by atomic mass is 28.3. The van der Waals surface area contributed by atoms with Gasteiger partial charge in [0.1, 0.15) is 11.9 Å². The lowest BCUT2D eigenvalue weighted by Crippen LogP contribution is -2.48. The van der Waals surface area contributed by atoms with Crippen molar-refractivity contribution in [2.24, 2.45) is 17.8 Å². The second kappa shape index (κ2) is 10.9. The van der Waals surface area contributed by atoms with Crippen LogP contribution in [0.5, 0.6) is 0 Å². The predicted molar refractivity (Wildman–Crippen MR) is 166 cm³/mol. The second-order valence-electron chi connectivity index (χ2n) is 13.2. The minimum Gasteiger partial charge on any atom is -0.458 e. The van der Waals surface area contributed by atoms with Crippen molar-refractivity contribution in [2.45, 2.75) is 103 Å². The molecule has 3 aromatic rings. The van der Waals surface area contributed by atoms with Crippen LogP contribution in [0.1, 0.15) is 88.4 Å². The van der Waals surface area contributed by atoms with E-state index in [2.05, 4.69) is 48.5 Å². The maximum Gasteiger partial charge on any atom is 0.338 e. The van der Waals surface area contributed by atoms with E-state index in [4.69, 9.17) is 9.72 Å². The maximum atomic E-state index is 14.6. The summed E-state index contributed by atoms with van der Waals surface area (Å²) in [5.74, 6) is 1.89. The Labute approximate surface area is 240 Å². The molecule has 0 bridgehead atoms. The summed E-state index contributed by atoms with van der Waals surface area (Å²) in [5, 5.41) is 0. The van der Waals surface area contributed by atoms with Crippen molar-refractivity contribution in [3.05, 3.63) is 53.6 Å². The molecule has 1 unspecified atom stereocenters. The molecular weight excluding hydrogens is 512 g/mol. The Morgan fingerprint density at radius 2 is 1.80 bits per heavy atom. The number of hydrogen-bond acceptors (Lipinski definition) is 4. The van der Waals surface area contributed by atoms with Gasteiger partial charge in [-0.05, 0) is 73.4 Å². The van der Waals surface area contributed by atoms with Gasteiger partial charge in [-0.2, -0.15) is 0 Å². The van der Waals surface area contributed by atoms with E-state index in [-0.39, 0.29) is 18.0 Å². The molecule has 2 aromatic carbocycles. The number of ether oxygens (including phenoxy) is 1. The summed E-state index contributed by atoms with van der Waals surface area (Å²) in [4.78, 5) is 33.2. The van der Waals surface area contributed by atoms with Gasteiger partial charge >= 0.3 is 5.97 Å². The summed E-state index contributed by atoms with van der Waals surface area (Å²) in [6.45, 7) is 15.7. The Hall–Kier alpha value is -2.73. The average Bonchev–Trinajstić information content (AvgIpc) is 3.34. The molecule has 2 heterocycles. The fourth-order valence-corrected chi connectivity index (χ4v) is 11.7. The Morgan fingerprint density at radius 3 is 2.48 bits per heavy atom. The van der Waals surface area contributed by atoms with E-state index in [0.717, 1.165) is 59.2 Å². The number of imidazole rings is 1. The SMILES string of the molecule is CC[Si](CC)(CC)CC1(C)C(=O)n2c(nc3ccccc32)-c2ccc(C(=O)O[C@@H]3C[C@@H](C)CC[C@H]3C(C)C)cc21. The number of hydrogen-bond donors (Lipinski definition) is 0. The van der Waals surface area contributed by atoms with Crippen LogP contribution < -0.4 is 0 Å². The lowest BCUT2D eigenvalue weighted by molar-refractivity contribution is -0.0174. The van der Waals surface area contributed by atoms with Gasteiger partial charge in [0.05, 0.1) is 30.1 Å². The molecular formula is C34H46N2O3Si. The fourth-order valence-electron chi connectivity index (χ4n) is 7.60. The van der Waals surface area contributed by atoms with Gasteiger partial charge in [0.15, 0.2) is 0 Å². The number of rotatable bonds is 8. The van der Waals surface area contributed by atoms with Crippen LogP contribution in [0, 0.1) is 17.8 Å². The van der Waals surface area contributed by atoms with Crippen LogP contribution in [0.2, 0.25) is 24.2 Å². The van der Waals surface area contributed by atoms with Crippen molar-refractivity contribution < 1.29 is 14.3 Å². The zero-order valence-electron chi connectivity index (χ0n) is 25.4. The van der Waals surface area contributed by atoms with Crippen LogP contribution in [0.15, 0.2) is 42.5 Å². The number of nitrogens with zero attached hydrogens (tertiary/aromatic N) is 2. The summed E-state index contributed by atoms with van der Waals surface area (Å²) in [6.07, 6.45) is 3.14. The van der Waals surface area contributed by atoms with E-state index in [1.165, 1.54) is 6.42 Å². The minimum atomic E-state index is -1.74. The molecule has 0 N–H and O–H groups in total. The fraction of sp³-hybridized carbons (Fsp3) is 0.559. The molecule has 214 valence electrons. The number of aromatic nitrogens is 2. The average molecular weight is 559 g/mol. The first-order chi connectivity index (χ1) is 19.1. The summed E-state index contributed by atoms with van der Waals surface area (Å²) in [7, 11) is -1.74. The third-order valence-corrected chi connectivity index (χ3v) is 16.5. The summed E-state index contributed by atoms with van der Waals surface area (Å²) < 4.78 is 8.09. The first-order valence-corrected chi connectivity index (χ1v) is 18.3. The molecule has 1 aliphatic carbocycles. The highest BCUT2D eigenvalue weighted by Crippen LogP contribution is 2.48. The molecule has 2 aliphatic rings. The quantitative estimate of drug-likeness (QED) is 0.205. The van der Waals surface area contributed by atoms with Gasteiger partial charge in [-0.3, -0.25) is 9.36 Å². The molecule has 1 fully saturated rings. The Bertz CT molecular complexity index is 1410. The van der Waals surface area contributed by atoms with Crippen molar-refractivity contribution >= 4 is 31.0 Å². The van der Waals surface area contributed by atoms with Crippen LogP contribution in [-0.4, -0.2) is 35.6 Å². The van der Waals surface area contributed by atoms with E-state index < -0.39 is 13.5 Å². The molecule has 40 heavy (non-hydrogen) atoms. The van der Waals surface area contributed by atoms with E-state index >= 15 is 0 Å². The van der Waals surface area contributed by atoms with Gasteiger partial charge in [0, 0.05) is 5.56 Å². The number of carbonyl (C=O) groups excluding carboxylic acids is 2. The Balaban J connectivity index is 1.61. The van der Waals surface area contributed by atoms with Crippen molar-refractivity contribution in [3.63, 3.8) is 0 Å². The largest absolute Gasteiger partial charge is 0.458 e. The van der Waals surface area contributed by atoms with Gasteiger partial charge in [-0.15, -0.1) is 0 Å². The van der Waals surface area contributed by atoms with Gasteiger partial charge in [-0.25, -0.2) is 9.78 Å². The number of para-hydroxylation sites is 2. The van der Waals surface area contributed by atoms with Crippen LogP contribution in [0.3, 0.4) is 0 Å². The Kier molecular flexibility index (Phi) is 7.86. The lowest BCUT2D eigenvalue weighted by atomic mass is 9.75. The molecule has 0 amide bonds. The van der Waals surface area contributed by atoms with Crippen molar-refractivity contribution in [1.82, 2.24) is 9.55 Å². The van der Waals surface area contributed by atoms with Crippen LogP contribution in [0.4, 0.5) is 0 Å². The van der Waals surface area contributed by atoms with Gasteiger partial charge < -0.3 is 4.74 Å². The van der Waals surface area contributed by atoms with Gasteiger partial charge in [-0.1, -0.05) is 84.3 Å². The monoisotopic (exact) mass is 558 g/mol. The summed E-state index contributed by atoms with van der Waals surface area (Å²) in [5.41, 5.74) is 3.36. The molecule has 6 heteroatoms. The van der Waals surface area contributed by atoms with E-state index in [1.807, 2.05) is 47.0 Å². The van der Waals surface area contributed by atoms with Crippen molar-refractivity contribution in [2.75, 3.05) is 0 Å². The number of fused-ring (bicyclic) bond motifs is 5. The molecule has 5 rings (SSSR count). The number of carbonyl (C=O) groups is 2. The predicted octanol–water partition coefficient (Wildman–Crippen LogP) is 8.74. The smallest absolute Gasteiger partial charge is 0.338 e. The van der Waals surface area contributed by atoms with Crippen LogP contribution in [-0.2, 0) is 10.2 Å². The molecule has 1 aliphatic heterocycles. The zero-order valence-corrected chi connectivity index (χ0v) is 26.4. The van der Waals surface area contributed by atoms with Gasteiger partial charge in [0.25, 0.3) is 0 Å². The van der Waals surface area contributed by atoms with Crippen LogP contribution in [0.25, 0.3) is 22.4 Å². The molecule has 1 aromatic heterocycles. The van der Waals surface area contributed by atoms with Crippen LogP contribution >= 0.6 is 0 Å². The standard InChI is InChI=1S/C34H46N2O3Si/c1-8-40(9-2,10-3)21-34(7)27-20-24(32(37)39-30-19-23(6)15-17-25(30)22(4)5)16-18-26(27)31-35-28-13-11-12-14-29(28)36(31)33(34)38/h11-14,16,18,20,22-23,25,30H,8-10,15,17,19,21H2,1-7H3/t23-,25-,30+,34?/m0/s1. The highest BCUT2D eigenvalue weighted by molar-refractivity contribution is 6.80. The lowest BCUT2D eigenvalue weighted by Gasteiger charge is -2.42. The summed E-state index contributed by atoms with van der Waals surface area (Å²) in [6, 6.07) is 18.0. The Morgan fingerprint density at radius 1 is 1.10 bits per heavy atom. The zero-order chi connectivity index (χ0) is 28.8. The first kappa shape index (κ1) is 28.8. The molecule has 5 nitrogen and oxygen atoms in total. The number of benzene rings is 2. The van der Waals surface area contributed by atoms with E-state index in [1.54, 1.807) is 0 Å². The minimum absolute atomic E-state index is 0.0650. The molecule has 1 saturated carbocycles. The highest BCUT2D eigenvalue weighted by Gasteiger charge is 2.49. The first-order valence-electron chi connectivity index (χ1n) is 15.5. The summed E-state index contributed by atoms with van der Waals surface area (Å²) >= 11 is 0. The molecule has 0 saturated heterocycles.